The maximum Gasteiger partial charge on any atom is 0.0798 e. The van der Waals surface area contributed by atoms with E-state index in [1.807, 2.05) is 5.51 Å². The number of aromatic nitrogens is 1. The molecule has 0 fully saturated rings. The molecular weight excluding hydrogens is 304 g/mol. The molecular formula is C11H13BrN2S2. The average molecular weight is 317 g/mol. The molecule has 86 valence electrons. The van der Waals surface area contributed by atoms with Crippen molar-refractivity contribution >= 4 is 38.6 Å². The van der Waals surface area contributed by atoms with Crippen molar-refractivity contribution in [3.05, 3.63) is 36.9 Å². The summed E-state index contributed by atoms with van der Waals surface area (Å²) in [6.45, 7) is 5.16. The summed E-state index contributed by atoms with van der Waals surface area (Å²) in [6.07, 6.45) is 0. The first kappa shape index (κ1) is 12.2. The standard InChI is InChI=1S/C11H13BrN2S2/c1-7(11-8(2)14-6-15-11)13-5-9-3-4-10(12)16-9/h3-4,6-7,13H,5H2,1-2H3. The normalized spacial score (nSPS) is 12.9. The van der Waals surface area contributed by atoms with Crippen LogP contribution in [0, 0.1) is 6.92 Å². The zero-order valence-electron chi connectivity index (χ0n) is 9.16. The second-order valence-electron chi connectivity index (χ2n) is 3.61. The summed E-state index contributed by atoms with van der Waals surface area (Å²) in [4.78, 5) is 6.95. The molecule has 0 aromatic carbocycles. The Morgan fingerprint density at radius 2 is 2.31 bits per heavy atom. The van der Waals surface area contributed by atoms with Gasteiger partial charge in [0, 0.05) is 22.3 Å². The molecule has 0 bridgehead atoms. The molecule has 0 aliphatic carbocycles. The smallest absolute Gasteiger partial charge is 0.0798 e. The van der Waals surface area contributed by atoms with E-state index in [0.29, 0.717) is 6.04 Å². The topological polar surface area (TPSA) is 24.9 Å². The van der Waals surface area contributed by atoms with Crippen molar-refractivity contribution in [2.75, 3.05) is 0 Å². The Kier molecular flexibility index (Phi) is 4.13. The highest BCUT2D eigenvalue weighted by Crippen LogP contribution is 2.24. The molecule has 2 aromatic heterocycles. The largest absolute Gasteiger partial charge is 0.304 e. The second-order valence-corrected chi connectivity index (χ2v) is 7.04. The first-order chi connectivity index (χ1) is 7.66. The van der Waals surface area contributed by atoms with Gasteiger partial charge in [0.2, 0.25) is 0 Å². The quantitative estimate of drug-likeness (QED) is 0.917. The van der Waals surface area contributed by atoms with E-state index in [4.69, 9.17) is 0 Å². The van der Waals surface area contributed by atoms with E-state index in [0.717, 1.165) is 12.2 Å². The summed E-state index contributed by atoms with van der Waals surface area (Å²) < 4.78 is 1.19. The first-order valence-corrected chi connectivity index (χ1v) is 7.53. The lowest BCUT2D eigenvalue weighted by Gasteiger charge is -2.11. The van der Waals surface area contributed by atoms with Gasteiger partial charge >= 0.3 is 0 Å². The lowest BCUT2D eigenvalue weighted by Crippen LogP contribution is -2.17. The molecule has 1 unspecified atom stereocenters. The van der Waals surface area contributed by atoms with Crippen LogP contribution in [-0.4, -0.2) is 4.98 Å². The zero-order valence-corrected chi connectivity index (χ0v) is 12.4. The number of aryl methyl sites for hydroxylation is 1. The number of thiazole rings is 1. The summed E-state index contributed by atoms with van der Waals surface area (Å²) in [7, 11) is 0. The molecule has 16 heavy (non-hydrogen) atoms. The minimum absolute atomic E-state index is 0.369. The maximum absolute atomic E-state index is 4.27. The molecule has 0 spiro atoms. The lowest BCUT2D eigenvalue weighted by atomic mass is 10.2. The van der Waals surface area contributed by atoms with E-state index in [1.165, 1.54) is 13.5 Å². The van der Waals surface area contributed by atoms with Gasteiger partial charge in [-0.15, -0.1) is 22.7 Å². The van der Waals surface area contributed by atoms with Crippen molar-refractivity contribution in [1.29, 1.82) is 0 Å². The predicted octanol–water partition coefficient (Wildman–Crippen LogP) is 4.13. The van der Waals surface area contributed by atoms with E-state index in [2.05, 4.69) is 52.2 Å². The van der Waals surface area contributed by atoms with Gasteiger partial charge in [-0.05, 0) is 41.9 Å². The van der Waals surface area contributed by atoms with Gasteiger partial charge in [-0.3, -0.25) is 0 Å². The molecule has 1 atom stereocenters. The molecule has 0 saturated carbocycles. The van der Waals surface area contributed by atoms with Crippen molar-refractivity contribution in [2.45, 2.75) is 26.4 Å². The Balaban J connectivity index is 1.93. The Labute approximate surface area is 112 Å². The molecule has 2 nitrogen and oxygen atoms in total. The molecule has 2 rings (SSSR count). The number of nitrogens with zero attached hydrogens (tertiary/aromatic N) is 1. The molecule has 5 heteroatoms. The number of rotatable bonds is 4. The summed E-state index contributed by atoms with van der Waals surface area (Å²) in [5, 5.41) is 3.52. The Morgan fingerprint density at radius 1 is 1.50 bits per heavy atom. The fourth-order valence-corrected chi connectivity index (χ4v) is 3.79. The minimum Gasteiger partial charge on any atom is -0.304 e. The molecule has 2 aromatic rings. The third-order valence-corrected chi connectivity index (χ3v) is 5.12. The Hall–Kier alpha value is -0.230. The van der Waals surface area contributed by atoms with Crippen LogP contribution in [0.1, 0.15) is 28.4 Å². The van der Waals surface area contributed by atoms with E-state index in [-0.39, 0.29) is 0 Å². The Morgan fingerprint density at radius 3 is 2.88 bits per heavy atom. The summed E-state index contributed by atoms with van der Waals surface area (Å²) in [5.41, 5.74) is 3.04. The number of halogens is 1. The van der Waals surface area contributed by atoms with Gasteiger partial charge in [0.25, 0.3) is 0 Å². The van der Waals surface area contributed by atoms with Crippen molar-refractivity contribution in [2.24, 2.45) is 0 Å². The fraction of sp³-hybridized carbons (Fsp3) is 0.364. The van der Waals surface area contributed by atoms with Crippen molar-refractivity contribution in [3.8, 4) is 0 Å². The highest BCUT2D eigenvalue weighted by molar-refractivity contribution is 9.11. The van der Waals surface area contributed by atoms with Crippen LogP contribution >= 0.6 is 38.6 Å². The maximum atomic E-state index is 4.27. The van der Waals surface area contributed by atoms with Gasteiger partial charge in [0.15, 0.2) is 0 Å². The van der Waals surface area contributed by atoms with Gasteiger partial charge in [-0.1, -0.05) is 0 Å². The van der Waals surface area contributed by atoms with Crippen molar-refractivity contribution in [3.63, 3.8) is 0 Å². The van der Waals surface area contributed by atoms with Crippen LogP contribution in [0.4, 0.5) is 0 Å². The molecule has 0 radical (unpaired) electrons. The summed E-state index contributed by atoms with van der Waals surface area (Å²) in [5.74, 6) is 0. The van der Waals surface area contributed by atoms with Crippen LogP contribution in [0.2, 0.25) is 0 Å². The van der Waals surface area contributed by atoms with Crippen LogP contribution in [0.25, 0.3) is 0 Å². The zero-order chi connectivity index (χ0) is 11.5. The van der Waals surface area contributed by atoms with Gasteiger partial charge in [-0.25, -0.2) is 4.98 Å². The minimum atomic E-state index is 0.369. The van der Waals surface area contributed by atoms with Crippen LogP contribution in [0.15, 0.2) is 21.4 Å². The van der Waals surface area contributed by atoms with Crippen LogP contribution < -0.4 is 5.32 Å². The fourth-order valence-electron chi connectivity index (χ4n) is 1.52. The number of nitrogens with one attached hydrogen (secondary N) is 1. The van der Waals surface area contributed by atoms with Gasteiger partial charge < -0.3 is 5.32 Å². The Bertz CT molecular complexity index is 464. The summed E-state index contributed by atoms with van der Waals surface area (Å²) >= 11 is 6.96. The van der Waals surface area contributed by atoms with Gasteiger partial charge in [-0.2, -0.15) is 0 Å². The molecule has 2 heterocycles. The van der Waals surface area contributed by atoms with Crippen molar-refractivity contribution < 1.29 is 0 Å². The first-order valence-electron chi connectivity index (χ1n) is 5.04. The number of hydrogen-bond donors (Lipinski definition) is 1. The van der Waals surface area contributed by atoms with Crippen molar-refractivity contribution in [1.82, 2.24) is 10.3 Å². The second kappa shape index (κ2) is 5.40. The third-order valence-electron chi connectivity index (χ3n) is 2.39. The van der Waals surface area contributed by atoms with E-state index in [9.17, 15) is 0 Å². The predicted molar refractivity (Wildman–Crippen MR) is 74.1 cm³/mol. The molecule has 1 N–H and O–H groups in total. The number of hydrogen-bond acceptors (Lipinski definition) is 4. The molecule has 0 amide bonds. The van der Waals surface area contributed by atoms with Gasteiger partial charge in [0.1, 0.15) is 0 Å². The monoisotopic (exact) mass is 316 g/mol. The average Bonchev–Trinajstić information content (AvgIpc) is 2.84. The summed E-state index contributed by atoms with van der Waals surface area (Å²) in [6, 6.07) is 4.60. The molecule has 0 saturated heterocycles. The highest BCUT2D eigenvalue weighted by atomic mass is 79.9. The van der Waals surface area contributed by atoms with E-state index < -0.39 is 0 Å². The molecule has 0 aliphatic heterocycles. The van der Waals surface area contributed by atoms with E-state index in [1.54, 1.807) is 22.7 Å². The molecule has 0 aliphatic rings. The van der Waals surface area contributed by atoms with Crippen LogP contribution in [0.3, 0.4) is 0 Å². The SMILES string of the molecule is Cc1ncsc1C(C)NCc1ccc(Br)s1. The third kappa shape index (κ3) is 2.91. The lowest BCUT2D eigenvalue weighted by molar-refractivity contribution is 0.584. The van der Waals surface area contributed by atoms with Crippen LogP contribution in [-0.2, 0) is 6.54 Å². The van der Waals surface area contributed by atoms with Crippen LogP contribution in [0.5, 0.6) is 0 Å². The number of thiophene rings is 1. The van der Waals surface area contributed by atoms with E-state index >= 15 is 0 Å². The highest BCUT2D eigenvalue weighted by Gasteiger charge is 2.10. The van der Waals surface area contributed by atoms with Gasteiger partial charge in [0.05, 0.1) is 15.0 Å².